The van der Waals surface area contributed by atoms with E-state index < -0.39 is 9.05 Å². The highest BCUT2D eigenvalue weighted by molar-refractivity contribution is 8.13. The Morgan fingerprint density at radius 3 is 2.59 bits per heavy atom. The smallest absolute Gasteiger partial charge is 0.252 e. The van der Waals surface area contributed by atoms with Gasteiger partial charge in [0.15, 0.2) is 0 Å². The summed E-state index contributed by atoms with van der Waals surface area (Å²) >= 11 is 6.06. The fourth-order valence-corrected chi connectivity index (χ4v) is 3.61. The van der Waals surface area contributed by atoms with Crippen molar-refractivity contribution in [3.63, 3.8) is 0 Å². The second-order valence-corrected chi connectivity index (χ2v) is 7.15. The molecule has 1 fully saturated rings. The summed E-state index contributed by atoms with van der Waals surface area (Å²) in [5, 5.41) is 4.45. The molecule has 1 aliphatic carbocycles. The van der Waals surface area contributed by atoms with Gasteiger partial charge in [-0.3, -0.25) is 4.68 Å². The minimum absolute atomic E-state index is 0.0134. The van der Waals surface area contributed by atoms with Gasteiger partial charge < -0.3 is 0 Å². The van der Waals surface area contributed by atoms with Crippen molar-refractivity contribution in [1.82, 2.24) is 9.78 Å². The molecule has 1 heterocycles. The molecule has 4 nitrogen and oxygen atoms in total. The number of aromatic nitrogens is 2. The largest absolute Gasteiger partial charge is 0.266 e. The predicted molar refractivity (Wildman–Crippen MR) is 67.2 cm³/mol. The molecule has 0 unspecified atom stereocenters. The average Bonchev–Trinajstić information content (AvgIpc) is 2.99. The van der Waals surface area contributed by atoms with E-state index in [9.17, 15) is 8.42 Å². The second kappa shape index (κ2) is 4.78. The summed E-state index contributed by atoms with van der Waals surface area (Å²) in [7, 11) is 1.61. The van der Waals surface area contributed by atoms with Crippen LogP contribution in [0.1, 0.15) is 44.2 Å². The topological polar surface area (TPSA) is 52.0 Å². The lowest BCUT2D eigenvalue weighted by Crippen LogP contribution is -2.00. The zero-order valence-electron chi connectivity index (χ0n) is 9.49. The van der Waals surface area contributed by atoms with E-state index in [0.717, 1.165) is 25.7 Å². The summed E-state index contributed by atoms with van der Waals surface area (Å²) in [5.74, 6) is 0.207. The van der Waals surface area contributed by atoms with Crippen LogP contribution in [0.25, 0.3) is 0 Å². The summed E-state index contributed by atoms with van der Waals surface area (Å²) in [5.41, 5.74) is 0.543. The highest BCUT2D eigenvalue weighted by Gasteiger charge is 2.36. The van der Waals surface area contributed by atoms with Crippen molar-refractivity contribution in [3.8, 4) is 0 Å². The monoisotopic (exact) mass is 296 g/mol. The molecule has 0 atom stereocenters. The quantitative estimate of drug-likeness (QED) is 0.784. The molecule has 0 radical (unpaired) electrons. The van der Waals surface area contributed by atoms with Crippen molar-refractivity contribution in [3.05, 3.63) is 10.8 Å². The van der Waals surface area contributed by atoms with Gasteiger partial charge in [-0.1, -0.05) is 24.9 Å². The predicted octanol–water partition coefficient (Wildman–Crippen LogP) is 3.14. The number of nitrogens with zero attached hydrogens (tertiary/aromatic N) is 2. The molecule has 0 amide bonds. The van der Waals surface area contributed by atoms with E-state index in [0.29, 0.717) is 12.2 Å². The molecule has 0 saturated heterocycles. The highest BCUT2D eigenvalue weighted by atomic mass is 35.7. The van der Waals surface area contributed by atoms with E-state index in [-0.39, 0.29) is 16.0 Å². The van der Waals surface area contributed by atoms with Crippen LogP contribution in [0.2, 0.25) is 5.15 Å². The minimum atomic E-state index is -3.82. The van der Waals surface area contributed by atoms with Gasteiger partial charge >= 0.3 is 0 Å². The van der Waals surface area contributed by atoms with Crippen molar-refractivity contribution >= 4 is 31.3 Å². The maximum absolute atomic E-state index is 11.5. The molecule has 1 aliphatic rings. The molecule has 17 heavy (non-hydrogen) atoms. The van der Waals surface area contributed by atoms with E-state index in [1.807, 2.05) is 0 Å². The van der Waals surface area contributed by atoms with Crippen LogP contribution in [-0.4, -0.2) is 18.2 Å². The normalized spacial score (nSPS) is 16.4. The molecule has 0 N–H and O–H groups in total. The lowest BCUT2D eigenvalue weighted by Gasteiger charge is -2.00. The van der Waals surface area contributed by atoms with Gasteiger partial charge in [-0.15, -0.1) is 0 Å². The maximum Gasteiger partial charge on any atom is 0.266 e. The Bertz CT molecular complexity index is 521. The van der Waals surface area contributed by atoms with Crippen molar-refractivity contribution < 1.29 is 8.42 Å². The van der Waals surface area contributed by atoms with Gasteiger partial charge in [-0.2, -0.15) is 5.10 Å². The summed E-state index contributed by atoms with van der Waals surface area (Å²) in [6.45, 7) is 2.68. The zero-order valence-corrected chi connectivity index (χ0v) is 11.8. The highest BCUT2D eigenvalue weighted by Crippen LogP contribution is 2.44. The molecule has 1 aromatic heterocycles. The van der Waals surface area contributed by atoms with Crippen LogP contribution in [0.5, 0.6) is 0 Å². The van der Waals surface area contributed by atoms with E-state index in [1.165, 1.54) is 0 Å². The van der Waals surface area contributed by atoms with Crippen molar-refractivity contribution in [2.24, 2.45) is 0 Å². The Kier molecular flexibility index (Phi) is 3.71. The van der Waals surface area contributed by atoms with Crippen LogP contribution in [-0.2, 0) is 15.6 Å². The number of halogens is 2. The van der Waals surface area contributed by atoms with Gasteiger partial charge in [0.05, 0.1) is 5.69 Å². The van der Waals surface area contributed by atoms with Crippen LogP contribution in [0, 0.1) is 0 Å². The number of rotatable bonds is 5. The Hall–Kier alpha value is -0.260. The van der Waals surface area contributed by atoms with E-state index in [4.69, 9.17) is 22.3 Å². The van der Waals surface area contributed by atoms with Gasteiger partial charge in [-0.25, -0.2) is 8.42 Å². The Morgan fingerprint density at radius 2 is 2.12 bits per heavy atom. The molecular weight excluding hydrogens is 283 g/mol. The maximum atomic E-state index is 11.5. The van der Waals surface area contributed by atoms with Crippen LogP contribution >= 0.6 is 22.3 Å². The molecule has 1 saturated carbocycles. The molecule has 0 aliphatic heterocycles. The first-order chi connectivity index (χ1) is 7.95. The number of hydrogen-bond donors (Lipinski definition) is 0. The van der Waals surface area contributed by atoms with Crippen molar-refractivity contribution in [1.29, 1.82) is 0 Å². The molecule has 0 bridgehead atoms. The van der Waals surface area contributed by atoms with Gasteiger partial charge in [0.25, 0.3) is 9.05 Å². The van der Waals surface area contributed by atoms with Crippen LogP contribution in [0.4, 0.5) is 0 Å². The molecule has 1 aromatic rings. The van der Waals surface area contributed by atoms with Crippen LogP contribution in [0.3, 0.4) is 0 Å². The molecule has 7 heteroatoms. The van der Waals surface area contributed by atoms with Crippen LogP contribution < -0.4 is 0 Å². The van der Waals surface area contributed by atoms with E-state index in [1.54, 1.807) is 4.68 Å². The van der Waals surface area contributed by atoms with Gasteiger partial charge in [0.1, 0.15) is 10.0 Å². The first-order valence-electron chi connectivity index (χ1n) is 5.66. The Labute approximate surface area is 110 Å². The zero-order chi connectivity index (χ0) is 12.6. The molecule has 2 rings (SSSR count). The molecular formula is C10H14Cl2N2O2S. The minimum Gasteiger partial charge on any atom is -0.252 e. The summed E-state index contributed by atoms with van der Waals surface area (Å²) in [4.78, 5) is 0.0134. The van der Waals surface area contributed by atoms with Gasteiger partial charge in [0, 0.05) is 23.1 Å². The number of aryl methyl sites for hydroxylation is 1. The van der Waals surface area contributed by atoms with Crippen molar-refractivity contribution in [2.75, 3.05) is 0 Å². The number of hydrogen-bond acceptors (Lipinski definition) is 3. The third-order valence-electron chi connectivity index (χ3n) is 2.81. The summed E-state index contributed by atoms with van der Waals surface area (Å²) in [6.07, 6.45) is 3.83. The average molecular weight is 297 g/mol. The van der Waals surface area contributed by atoms with Gasteiger partial charge in [0.2, 0.25) is 0 Å². The molecule has 0 aromatic carbocycles. The fraction of sp³-hybridized carbons (Fsp3) is 0.700. The SMILES string of the molecule is CCCCn1nc(C2CC2)c(S(=O)(=O)Cl)c1Cl. The number of unbranched alkanes of at least 4 members (excludes halogenated alkanes) is 1. The first kappa shape index (κ1) is 13.2. The Morgan fingerprint density at radius 1 is 1.47 bits per heavy atom. The van der Waals surface area contributed by atoms with Crippen LogP contribution in [0.15, 0.2) is 4.90 Å². The standard InChI is InChI=1S/C10H14Cl2N2O2S/c1-2-3-6-14-10(11)9(17(12,15)16)8(13-14)7-4-5-7/h7H,2-6H2,1H3. The summed E-state index contributed by atoms with van der Waals surface area (Å²) < 4.78 is 24.6. The third kappa shape index (κ3) is 2.77. The molecule has 96 valence electrons. The van der Waals surface area contributed by atoms with E-state index >= 15 is 0 Å². The second-order valence-electron chi connectivity index (χ2n) is 4.29. The van der Waals surface area contributed by atoms with Gasteiger partial charge in [-0.05, 0) is 19.3 Å². The third-order valence-corrected chi connectivity index (χ3v) is 4.66. The van der Waals surface area contributed by atoms with Crippen molar-refractivity contribution in [2.45, 2.75) is 50.0 Å². The summed E-state index contributed by atoms with van der Waals surface area (Å²) in [6, 6.07) is 0. The fourth-order valence-electron chi connectivity index (χ4n) is 1.75. The lowest BCUT2D eigenvalue weighted by molar-refractivity contribution is 0.566. The van der Waals surface area contributed by atoms with E-state index in [2.05, 4.69) is 12.0 Å². The lowest BCUT2D eigenvalue weighted by atomic mass is 10.3. The first-order valence-corrected chi connectivity index (χ1v) is 8.34. The molecule has 0 spiro atoms. The Balaban J connectivity index is 2.44.